The summed E-state index contributed by atoms with van der Waals surface area (Å²) in [6.07, 6.45) is 1.05. The summed E-state index contributed by atoms with van der Waals surface area (Å²) in [6, 6.07) is 12.2. The maximum absolute atomic E-state index is 12.7. The van der Waals surface area contributed by atoms with Gasteiger partial charge in [-0.05, 0) is 49.8 Å². The van der Waals surface area contributed by atoms with Crippen molar-refractivity contribution >= 4 is 5.78 Å². The lowest BCUT2D eigenvalue weighted by Gasteiger charge is -2.11. The van der Waals surface area contributed by atoms with E-state index in [1.165, 1.54) is 11.1 Å². The number of aryl methyl sites for hydroxylation is 3. The van der Waals surface area contributed by atoms with Crippen molar-refractivity contribution in [1.29, 1.82) is 0 Å². The molecule has 0 N–H and O–H groups in total. The smallest absolute Gasteiger partial charge is 0.193 e. The molecule has 0 atom stereocenters. The first-order valence-corrected chi connectivity index (χ1v) is 7.60. The summed E-state index contributed by atoms with van der Waals surface area (Å²) < 4.78 is 0. The Bertz CT molecular complexity index is 625. The van der Waals surface area contributed by atoms with Gasteiger partial charge >= 0.3 is 0 Å². The van der Waals surface area contributed by atoms with Gasteiger partial charge in [0.15, 0.2) is 5.78 Å². The van der Waals surface area contributed by atoms with Crippen molar-refractivity contribution < 1.29 is 4.79 Å². The van der Waals surface area contributed by atoms with Gasteiger partial charge in [-0.15, -0.1) is 0 Å². The molecule has 0 aliphatic heterocycles. The van der Waals surface area contributed by atoms with Crippen LogP contribution in [0.15, 0.2) is 36.4 Å². The minimum Gasteiger partial charge on any atom is -0.289 e. The van der Waals surface area contributed by atoms with Crippen LogP contribution in [0.5, 0.6) is 0 Å². The summed E-state index contributed by atoms with van der Waals surface area (Å²) in [5, 5.41) is 0. The van der Waals surface area contributed by atoms with E-state index in [4.69, 9.17) is 0 Å². The molecule has 0 saturated heterocycles. The highest BCUT2D eigenvalue weighted by Crippen LogP contribution is 2.21. The molecule has 0 fully saturated rings. The van der Waals surface area contributed by atoms with Crippen LogP contribution in [0, 0.1) is 26.7 Å². The molecule has 21 heavy (non-hydrogen) atoms. The van der Waals surface area contributed by atoms with Crippen LogP contribution in [0.3, 0.4) is 0 Å². The number of hydrogen-bond acceptors (Lipinski definition) is 1. The fourth-order valence-corrected chi connectivity index (χ4v) is 2.95. The fourth-order valence-electron chi connectivity index (χ4n) is 2.95. The average molecular weight is 280 g/mol. The molecule has 2 rings (SSSR count). The van der Waals surface area contributed by atoms with Gasteiger partial charge in [-0.1, -0.05) is 55.8 Å². The number of ketones is 1. The minimum atomic E-state index is 0.126. The van der Waals surface area contributed by atoms with Crippen molar-refractivity contribution in [3.05, 3.63) is 69.8 Å². The molecular formula is C20H24O. The molecule has 0 aliphatic rings. The average Bonchev–Trinajstić information content (AvgIpc) is 2.37. The van der Waals surface area contributed by atoms with Gasteiger partial charge in [0, 0.05) is 11.1 Å². The van der Waals surface area contributed by atoms with Crippen molar-refractivity contribution in [3.63, 3.8) is 0 Å². The highest BCUT2D eigenvalue weighted by molar-refractivity contribution is 6.10. The number of rotatable bonds is 4. The molecule has 2 aromatic rings. The van der Waals surface area contributed by atoms with Gasteiger partial charge < -0.3 is 0 Å². The van der Waals surface area contributed by atoms with E-state index in [0.717, 1.165) is 28.7 Å². The maximum atomic E-state index is 12.7. The van der Waals surface area contributed by atoms with Crippen LogP contribution in [0.2, 0.25) is 0 Å². The van der Waals surface area contributed by atoms with Gasteiger partial charge in [0.1, 0.15) is 0 Å². The number of hydrogen-bond donors (Lipinski definition) is 0. The highest BCUT2D eigenvalue weighted by atomic mass is 16.1. The second-order valence-electron chi connectivity index (χ2n) is 6.40. The third-order valence-corrected chi connectivity index (χ3v) is 3.76. The molecule has 0 amide bonds. The van der Waals surface area contributed by atoms with Gasteiger partial charge in [-0.3, -0.25) is 4.79 Å². The van der Waals surface area contributed by atoms with Crippen molar-refractivity contribution in [3.8, 4) is 0 Å². The van der Waals surface area contributed by atoms with Gasteiger partial charge in [-0.25, -0.2) is 0 Å². The van der Waals surface area contributed by atoms with Crippen molar-refractivity contribution in [2.24, 2.45) is 5.92 Å². The molecule has 0 heterocycles. The SMILES string of the molecule is Cc1cc(C)c(C(=O)c2ccc(CC(C)C)cc2)c(C)c1. The lowest BCUT2D eigenvalue weighted by Crippen LogP contribution is -2.07. The second kappa shape index (κ2) is 6.26. The number of carbonyl (C=O) groups is 1. The molecule has 1 nitrogen and oxygen atoms in total. The Labute approximate surface area is 128 Å². The van der Waals surface area contributed by atoms with E-state index in [0.29, 0.717) is 5.92 Å². The Hall–Kier alpha value is -1.89. The Morgan fingerprint density at radius 1 is 0.952 bits per heavy atom. The summed E-state index contributed by atoms with van der Waals surface area (Å²) in [7, 11) is 0. The highest BCUT2D eigenvalue weighted by Gasteiger charge is 2.14. The van der Waals surface area contributed by atoms with Crippen molar-refractivity contribution in [2.75, 3.05) is 0 Å². The maximum Gasteiger partial charge on any atom is 0.193 e. The molecule has 0 unspecified atom stereocenters. The summed E-state index contributed by atoms with van der Waals surface area (Å²) in [6.45, 7) is 10.5. The third kappa shape index (κ3) is 3.60. The molecule has 2 aromatic carbocycles. The summed E-state index contributed by atoms with van der Waals surface area (Å²) >= 11 is 0. The largest absolute Gasteiger partial charge is 0.289 e. The third-order valence-electron chi connectivity index (χ3n) is 3.76. The van der Waals surface area contributed by atoms with E-state index in [-0.39, 0.29) is 5.78 Å². The normalized spacial score (nSPS) is 11.0. The molecule has 0 radical (unpaired) electrons. The second-order valence-corrected chi connectivity index (χ2v) is 6.40. The zero-order chi connectivity index (χ0) is 15.6. The Morgan fingerprint density at radius 2 is 1.48 bits per heavy atom. The van der Waals surface area contributed by atoms with Crippen molar-refractivity contribution in [2.45, 2.75) is 41.0 Å². The Balaban J connectivity index is 2.32. The number of carbonyl (C=O) groups excluding carboxylic acids is 1. The number of benzene rings is 2. The molecule has 0 aliphatic carbocycles. The van der Waals surface area contributed by atoms with E-state index in [1.807, 2.05) is 26.0 Å². The quantitative estimate of drug-likeness (QED) is 0.717. The van der Waals surface area contributed by atoms with Crippen LogP contribution in [-0.2, 0) is 6.42 Å². The molecule has 0 spiro atoms. The lowest BCUT2D eigenvalue weighted by atomic mass is 9.92. The van der Waals surface area contributed by atoms with Gasteiger partial charge in [-0.2, -0.15) is 0 Å². The van der Waals surface area contributed by atoms with E-state index < -0.39 is 0 Å². The van der Waals surface area contributed by atoms with E-state index in [9.17, 15) is 4.79 Å². The van der Waals surface area contributed by atoms with Gasteiger partial charge in [0.05, 0.1) is 0 Å². The van der Waals surface area contributed by atoms with E-state index >= 15 is 0 Å². The minimum absolute atomic E-state index is 0.126. The van der Waals surface area contributed by atoms with Crippen LogP contribution >= 0.6 is 0 Å². The van der Waals surface area contributed by atoms with Crippen molar-refractivity contribution in [1.82, 2.24) is 0 Å². The zero-order valence-corrected chi connectivity index (χ0v) is 13.7. The summed E-state index contributed by atoms with van der Waals surface area (Å²) in [5.74, 6) is 0.759. The lowest BCUT2D eigenvalue weighted by molar-refractivity contribution is 0.103. The standard InChI is InChI=1S/C20H24O/c1-13(2)10-17-6-8-18(9-7-17)20(21)19-15(4)11-14(3)12-16(19)5/h6-9,11-13H,10H2,1-5H3. The van der Waals surface area contributed by atoms with Crippen LogP contribution in [-0.4, -0.2) is 5.78 Å². The first-order valence-electron chi connectivity index (χ1n) is 7.60. The predicted octanol–water partition coefficient (Wildman–Crippen LogP) is 5.04. The Kier molecular flexibility index (Phi) is 4.62. The topological polar surface area (TPSA) is 17.1 Å². The van der Waals surface area contributed by atoms with Gasteiger partial charge in [0.2, 0.25) is 0 Å². The molecular weight excluding hydrogens is 256 g/mol. The van der Waals surface area contributed by atoms with Crippen LogP contribution in [0.25, 0.3) is 0 Å². The monoisotopic (exact) mass is 280 g/mol. The van der Waals surface area contributed by atoms with Crippen LogP contribution < -0.4 is 0 Å². The Morgan fingerprint density at radius 3 is 1.95 bits per heavy atom. The molecule has 0 aromatic heterocycles. The zero-order valence-electron chi connectivity index (χ0n) is 13.7. The van der Waals surface area contributed by atoms with E-state index in [2.05, 4.69) is 45.0 Å². The molecule has 1 heteroatoms. The van der Waals surface area contributed by atoms with Crippen LogP contribution in [0.4, 0.5) is 0 Å². The predicted molar refractivity (Wildman–Crippen MR) is 89.1 cm³/mol. The first kappa shape index (κ1) is 15.5. The first-order chi connectivity index (χ1) is 9.88. The van der Waals surface area contributed by atoms with Crippen LogP contribution in [0.1, 0.15) is 52.0 Å². The summed E-state index contributed by atoms with van der Waals surface area (Å²) in [5.41, 5.74) is 6.23. The molecule has 110 valence electrons. The summed E-state index contributed by atoms with van der Waals surface area (Å²) in [4.78, 5) is 12.7. The van der Waals surface area contributed by atoms with E-state index in [1.54, 1.807) is 0 Å². The molecule has 0 bridgehead atoms. The fraction of sp³-hybridized carbons (Fsp3) is 0.350. The molecule has 0 saturated carbocycles. The van der Waals surface area contributed by atoms with Gasteiger partial charge in [0.25, 0.3) is 0 Å².